The Morgan fingerprint density at radius 3 is 2.79 bits per heavy atom. The average molecular weight is 199 g/mol. The lowest BCUT2D eigenvalue weighted by Crippen LogP contribution is -2.26. The van der Waals surface area contributed by atoms with Crippen LogP contribution >= 0.6 is 0 Å². The van der Waals surface area contributed by atoms with Crippen molar-refractivity contribution in [1.29, 1.82) is 0 Å². The smallest absolute Gasteiger partial charge is 0.327 e. The fourth-order valence-electron chi connectivity index (χ4n) is 1.08. The summed E-state index contributed by atoms with van der Waals surface area (Å²) < 4.78 is 0. The first kappa shape index (κ1) is 10.5. The number of aromatic nitrogens is 2. The number of hydrogen-bond donors (Lipinski definition) is 4. The predicted molar refractivity (Wildman–Crippen MR) is 52.5 cm³/mol. The first-order valence-corrected chi connectivity index (χ1v) is 4.33. The lowest BCUT2D eigenvalue weighted by molar-refractivity contribution is 0.282. The van der Waals surface area contributed by atoms with E-state index in [0.717, 1.165) is 0 Å². The molecule has 1 unspecified atom stereocenters. The largest absolute Gasteiger partial charge is 0.396 e. The molecular formula is C8H13N3O3. The van der Waals surface area contributed by atoms with Gasteiger partial charge in [-0.05, 0) is 13.3 Å². The Bertz CT molecular complexity index is 367. The Balaban J connectivity index is 2.76. The maximum Gasteiger partial charge on any atom is 0.327 e. The fraction of sp³-hybridized carbons (Fsp3) is 0.500. The van der Waals surface area contributed by atoms with Crippen LogP contribution < -0.4 is 16.6 Å². The molecule has 6 heteroatoms. The third-order valence-corrected chi connectivity index (χ3v) is 1.72. The molecule has 1 aromatic heterocycles. The number of nitrogens with one attached hydrogen (secondary N) is 3. The molecule has 0 fully saturated rings. The van der Waals surface area contributed by atoms with E-state index in [-0.39, 0.29) is 12.6 Å². The van der Waals surface area contributed by atoms with Crippen LogP contribution in [0.4, 0.5) is 5.82 Å². The van der Waals surface area contributed by atoms with Crippen LogP contribution in [0.1, 0.15) is 13.3 Å². The van der Waals surface area contributed by atoms with Gasteiger partial charge in [-0.2, -0.15) is 0 Å². The van der Waals surface area contributed by atoms with Crippen molar-refractivity contribution >= 4 is 5.82 Å². The molecule has 0 amide bonds. The van der Waals surface area contributed by atoms with Crippen LogP contribution in [0.15, 0.2) is 15.7 Å². The predicted octanol–water partition coefficient (Wildman–Crippen LogP) is -0.754. The summed E-state index contributed by atoms with van der Waals surface area (Å²) in [5.41, 5.74) is -0.997. The Morgan fingerprint density at radius 1 is 1.50 bits per heavy atom. The third kappa shape index (κ3) is 3.06. The Kier molecular flexibility index (Phi) is 3.47. The van der Waals surface area contributed by atoms with Crippen molar-refractivity contribution < 1.29 is 5.11 Å². The Hall–Kier alpha value is -1.56. The zero-order chi connectivity index (χ0) is 10.6. The van der Waals surface area contributed by atoms with Crippen molar-refractivity contribution in [2.24, 2.45) is 0 Å². The SMILES string of the molecule is CC(CCO)Nc1cc(=O)[nH]c(=O)[nH]1. The first-order chi connectivity index (χ1) is 6.61. The molecule has 14 heavy (non-hydrogen) atoms. The highest BCUT2D eigenvalue weighted by atomic mass is 16.3. The van der Waals surface area contributed by atoms with Crippen LogP contribution in [0.2, 0.25) is 0 Å². The highest BCUT2D eigenvalue weighted by molar-refractivity contribution is 5.32. The molecule has 1 heterocycles. The van der Waals surface area contributed by atoms with Gasteiger partial charge in [0.2, 0.25) is 0 Å². The van der Waals surface area contributed by atoms with E-state index in [1.807, 2.05) is 6.92 Å². The molecule has 0 radical (unpaired) electrons. The van der Waals surface area contributed by atoms with E-state index in [1.54, 1.807) is 0 Å². The summed E-state index contributed by atoms with van der Waals surface area (Å²) in [6.45, 7) is 1.90. The molecule has 0 aromatic carbocycles. The first-order valence-electron chi connectivity index (χ1n) is 4.33. The van der Waals surface area contributed by atoms with Crippen LogP contribution in [0.5, 0.6) is 0 Å². The quantitative estimate of drug-likeness (QED) is 0.512. The molecular weight excluding hydrogens is 186 g/mol. The van der Waals surface area contributed by atoms with Gasteiger partial charge in [-0.3, -0.25) is 14.8 Å². The molecule has 0 bridgehead atoms. The zero-order valence-corrected chi connectivity index (χ0v) is 7.83. The molecule has 1 atom stereocenters. The Labute approximate surface area is 80.0 Å². The minimum absolute atomic E-state index is 0.00236. The van der Waals surface area contributed by atoms with Crippen molar-refractivity contribution in [3.63, 3.8) is 0 Å². The van der Waals surface area contributed by atoms with Crippen molar-refractivity contribution in [3.05, 3.63) is 26.9 Å². The molecule has 0 saturated carbocycles. The zero-order valence-electron chi connectivity index (χ0n) is 7.83. The van der Waals surface area contributed by atoms with Gasteiger partial charge in [-0.25, -0.2) is 4.79 Å². The number of aliphatic hydroxyl groups excluding tert-OH is 1. The molecule has 0 aliphatic rings. The summed E-state index contributed by atoms with van der Waals surface area (Å²) in [4.78, 5) is 26.2. The highest BCUT2D eigenvalue weighted by Crippen LogP contribution is 1.99. The van der Waals surface area contributed by atoms with Gasteiger partial charge in [0.05, 0.1) is 0 Å². The second kappa shape index (κ2) is 4.61. The molecule has 78 valence electrons. The van der Waals surface area contributed by atoms with E-state index >= 15 is 0 Å². The normalized spacial score (nSPS) is 12.4. The fourth-order valence-corrected chi connectivity index (χ4v) is 1.08. The number of anilines is 1. The van der Waals surface area contributed by atoms with Gasteiger partial charge in [0.25, 0.3) is 5.56 Å². The summed E-state index contributed by atoms with van der Waals surface area (Å²) in [6.07, 6.45) is 0.550. The van der Waals surface area contributed by atoms with Gasteiger partial charge in [0.1, 0.15) is 5.82 Å². The maximum atomic E-state index is 10.9. The monoisotopic (exact) mass is 199 g/mol. The van der Waals surface area contributed by atoms with Crippen LogP contribution in [-0.4, -0.2) is 27.7 Å². The van der Waals surface area contributed by atoms with Gasteiger partial charge in [0.15, 0.2) is 0 Å². The van der Waals surface area contributed by atoms with E-state index in [1.165, 1.54) is 6.07 Å². The van der Waals surface area contributed by atoms with Crippen LogP contribution in [0.25, 0.3) is 0 Å². The molecule has 1 rings (SSSR count). The van der Waals surface area contributed by atoms with Crippen molar-refractivity contribution in [2.75, 3.05) is 11.9 Å². The maximum absolute atomic E-state index is 10.9. The minimum atomic E-state index is -0.545. The van der Waals surface area contributed by atoms with E-state index in [9.17, 15) is 9.59 Å². The highest BCUT2D eigenvalue weighted by Gasteiger charge is 2.02. The van der Waals surface area contributed by atoms with Crippen LogP contribution in [0, 0.1) is 0 Å². The average Bonchev–Trinajstić information content (AvgIpc) is 2.01. The van der Waals surface area contributed by atoms with Gasteiger partial charge in [-0.15, -0.1) is 0 Å². The molecule has 1 aromatic rings. The second-order valence-corrected chi connectivity index (χ2v) is 3.06. The molecule has 0 saturated heterocycles. The summed E-state index contributed by atoms with van der Waals surface area (Å²) in [5.74, 6) is 0.361. The second-order valence-electron chi connectivity index (χ2n) is 3.06. The molecule has 0 spiro atoms. The number of hydrogen-bond acceptors (Lipinski definition) is 4. The number of rotatable bonds is 4. The molecule has 6 nitrogen and oxygen atoms in total. The van der Waals surface area contributed by atoms with Crippen molar-refractivity contribution in [1.82, 2.24) is 9.97 Å². The minimum Gasteiger partial charge on any atom is -0.396 e. The van der Waals surface area contributed by atoms with E-state index in [4.69, 9.17) is 5.11 Å². The topological polar surface area (TPSA) is 98.0 Å². The summed E-state index contributed by atoms with van der Waals surface area (Å²) in [5, 5.41) is 11.5. The number of H-pyrrole nitrogens is 2. The van der Waals surface area contributed by atoms with Crippen LogP contribution in [-0.2, 0) is 0 Å². The molecule has 0 aliphatic carbocycles. The van der Waals surface area contributed by atoms with Crippen molar-refractivity contribution in [3.8, 4) is 0 Å². The third-order valence-electron chi connectivity index (χ3n) is 1.72. The summed E-state index contributed by atoms with van der Waals surface area (Å²) in [7, 11) is 0. The van der Waals surface area contributed by atoms with Gasteiger partial charge in [0, 0.05) is 18.7 Å². The van der Waals surface area contributed by atoms with Gasteiger partial charge in [-0.1, -0.05) is 0 Å². The van der Waals surface area contributed by atoms with E-state index in [0.29, 0.717) is 12.2 Å². The van der Waals surface area contributed by atoms with E-state index in [2.05, 4.69) is 15.3 Å². The lowest BCUT2D eigenvalue weighted by atomic mass is 10.2. The van der Waals surface area contributed by atoms with Gasteiger partial charge >= 0.3 is 5.69 Å². The summed E-state index contributed by atoms with van der Waals surface area (Å²) in [6, 6.07) is 1.26. The summed E-state index contributed by atoms with van der Waals surface area (Å²) >= 11 is 0. The number of aromatic amines is 2. The molecule has 4 N–H and O–H groups in total. The standard InChI is InChI=1S/C8H13N3O3/c1-5(2-3-12)9-6-4-7(13)11-8(14)10-6/h4-5,12H,2-3H2,1H3,(H3,9,10,11,13,14). The van der Waals surface area contributed by atoms with E-state index < -0.39 is 11.2 Å². The molecule has 0 aliphatic heterocycles. The Morgan fingerprint density at radius 2 is 2.21 bits per heavy atom. The number of aliphatic hydroxyl groups is 1. The van der Waals surface area contributed by atoms with Gasteiger partial charge < -0.3 is 10.4 Å². The lowest BCUT2D eigenvalue weighted by Gasteiger charge is -2.12. The van der Waals surface area contributed by atoms with Crippen molar-refractivity contribution in [2.45, 2.75) is 19.4 Å². The van der Waals surface area contributed by atoms with Crippen LogP contribution in [0.3, 0.4) is 0 Å².